The van der Waals surface area contributed by atoms with E-state index in [0.29, 0.717) is 19.4 Å². The highest BCUT2D eigenvalue weighted by molar-refractivity contribution is 6.05. The molecule has 0 saturated heterocycles. The van der Waals surface area contributed by atoms with Gasteiger partial charge in [-0.1, -0.05) is 36.4 Å². The minimum atomic E-state index is 0.253. The number of hydrogen-bond acceptors (Lipinski definition) is 4. The second-order valence-corrected chi connectivity index (χ2v) is 6.30. The van der Waals surface area contributed by atoms with E-state index in [4.69, 9.17) is 14.5 Å². The number of carbonyl (C=O) groups excluding carboxylic acids is 1. The Hall–Kier alpha value is -2.62. The van der Waals surface area contributed by atoms with Crippen molar-refractivity contribution in [2.24, 2.45) is 4.99 Å². The van der Waals surface area contributed by atoms with Crippen LogP contribution in [0.5, 0.6) is 11.5 Å². The van der Waals surface area contributed by atoms with E-state index in [0.717, 1.165) is 29.2 Å². The molecule has 1 atom stereocenters. The summed E-state index contributed by atoms with van der Waals surface area (Å²) in [6, 6.07) is 16.1. The number of ether oxygens (including phenoxy) is 2. The minimum absolute atomic E-state index is 0.253. The Morgan fingerprint density at radius 3 is 2.71 bits per heavy atom. The van der Waals surface area contributed by atoms with Crippen LogP contribution in [0.15, 0.2) is 53.5 Å². The van der Waals surface area contributed by atoms with Crippen molar-refractivity contribution in [3.05, 3.63) is 59.7 Å². The molecule has 1 aliphatic carbocycles. The zero-order valence-corrected chi connectivity index (χ0v) is 13.4. The van der Waals surface area contributed by atoms with Crippen LogP contribution in [0, 0.1) is 0 Å². The van der Waals surface area contributed by atoms with E-state index < -0.39 is 0 Å². The molecule has 1 saturated carbocycles. The van der Waals surface area contributed by atoms with Crippen molar-refractivity contribution in [3.8, 4) is 11.5 Å². The molecule has 4 rings (SSSR count). The van der Waals surface area contributed by atoms with Crippen molar-refractivity contribution < 1.29 is 14.3 Å². The topological polar surface area (TPSA) is 47.9 Å². The normalized spacial score (nSPS) is 21.2. The zero-order chi connectivity index (χ0) is 16.4. The highest BCUT2D eigenvalue weighted by Crippen LogP contribution is 2.33. The van der Waals surface area contributed by atoms with E-state index in [9.17, 15) is 4.79 Å². The van der Waals surface area contributed by atoms with Crippen LogP contribution in [-0.2, 0) is 11.3 Å². The van der Waals surface area contributed by atoms with Crippen LogP contribution >= 0.6 is 0 Å². The van der Waals surface area contributed by atoms with Crippen molar-refractivity contribution in [2.45, 2.75) is 31.7 Å². The lowest BCUT2D eigenvalue weighted by Crippen LogP contribution is -2.21. The van der Waals surface area contributed by atoms with Crippen molar-refractivity contribution in [3.63, 3.8) is 0 Å². The lowest BCUT2D eigenvalue weighted by Gasteiger charge is -2.23. The van der Waals surface area contributed by atoms with E-state index in [-0.39, 0.29) is 18.5 Å². The Kier molecular flexibility index (Phi) is 4.03. The molecular weight excluding hydrogens is 302 g/mol. The van der Waals surface area contributed by atoms with Gasteiger partial charge in [-0.05, 0) is 35.6 Å². The van der Waals surface area contributed by atoms with Gasteiger partial charge >= 0.3 is 0 Å². The highest BCUT2D eigenvalue weighted by Gasteiger charge is 2.25. The Balaban J connectivity index is 1.48. The molecule has 2 aromatic carbocycles. The van der Waals surface area contributed by atoms with Gasteiger partial charge in [-0.3, -0.25) is 9.79 Å². The molecule has 4 heteroatoms. The molecule has 122 valence electrons. The molecule has 0 aromatic heterocycles. The van der Waals surface area contributed by atoms with Crippen LogP contribution in [-0.4, -0.2) is 18.3 Å². The van der Waals surface area contributed by atoms with Crippen molar-refractivity contribution in [2.75, 3.05) is 6.79 Å². The number of aliphatic imine (C=N–C) groups is 1. The van der Waals surface area contributed by atoms with Crippen LogP contribution in [0.2, 0.25) is 0 Å². The lowest BCUT2D eigenvalue weighted by molar-refractivity contribution is -0.118. The maximum atomic E-state index is 12.1. The third kappa shape index (κ3) is 3.18. The number of rotatable bonds is 3. The fourth-order valence-electron chi connectivity index (χ4n) is 3.33. The van der Waals surface area contributed by atoms with Crippen LogP contribution in [0.4, 0.5) is 0 Å². The van der Waals surface area contributed by atoms with Crippen LogP contribution in [0.3, 0.4) is 0 Å². The summed E-state index contributed by atoms with van der Waals surface area (Å²) >= 11 is 0. The predicted octanol–water partition coefficient (Wildman–Crippen LogP) is 3.89. The van der Waals surface area contributed by atoms with Gasteiger partial charge in [-0.25, -0.2) is 0 Å². The van der Waals surface area contributed by atoms with Gasteiger partial charge in [0.25, 0.3) is 0 Å². The monoisotopic (exact) mass is 321 g/mol. The predicted molar refractivity (Wildman–Crippen MR) is 91.7 cm³/mol. The molecule has 2 aliphatic rings. The van der Waals surface area contributed by atoms with Gasteiger partial charge in [-0.2, -0.15) is 0 Å². The maximum Gasteiger partial charge on any atom is 0.231 e. The smallest absolute Gasteiger partial charge is 0.231 e. The van der Waals surface area contributed by atoms with Crippen molar-refractivity contribution in [1.29, 1.82) is 0 Å². The maximum absolute atomic E-state index is 12.1. The summed E-state index contributed by atoms with van der Waals surface area (Å²) in [4.78, 5) is 16.8. The molecule has 1 fully saturated rings. The van der Waals surface area contributed by atoms with Gasteiger partial charge in [-0.15, -0.1) is 0 Å². The summed E-state index contributed by atoms with van der Waals surface area (Å²) in [6.07, 6.45) is 1.96. The third-order valence-electron chi connectivity index (χ3n) is 4.55. The molecule has 4 nitrogen and oxygen atoms in total. The number of benzene rings is 2. The molecule has 0 bridgehead atoms. The molecule has 0 spiro atoms. The number of ketones is 1. The van der Waals surface area contributed by atoms with Crippen molar-refractivity contribution in [1.82, 2.24) is 0 Å². The highest BCUT2D eigenvalue weighted by atomic mass is 16.7. The first kappa shape index (κ1) is 14.9. The number of hydrogen-bond donors (Lipinski definition) is 0. The Bertz CT molecular complexity index is 783. The van der Waals surface area contributed by atoms with Crippen LogP contribution in [0.1, 0.15) is 36.3 Å². The number of fused-ring (bicyclic) bond motifs is 1. The molecule has 2 aromatic rings. The first-order chi connectivity index (χ1) is 11.8. The largest absolute Gasteiger partial charge is 0.454 e. The first-order valence-electron chi connectivity index (χ1n) is 8.25. The van der Waals surface area contributed by atoms with E-state index in [1.54, 1.807) is 0 Å². The minimum Gasteiger partial charge on any atom is -0.454 e. The van der Waals surface area contributed by atoms with Gasteiger partial charge in [0.05, 0.1) is 6.54 Å². The van der Waals surface area contributed by atoms with Crippen LogP contribution in [0.25, 0.3) is 0 Å². The molecule has 1 aliphatic heterocycles. The quantitative estimate of drug-likeness (QED) is 0.861. The summed E-state index contributed by atoms with van der Waals surface area (Å²) in [5, 5.41) is 0. The van der Waals surface area contributed by atoms with E-state index in [1.807, 2.05) is 36.4 Å². The standard InChI is InChI=1S/C20H19NO3/c22-18-10-16(15-4-2-1-3-5-15)9-17(11-18)21-12-14-6-7-19-20(8-14)24-13-23-19/h1-8,16H,9-13H2/t16-/m0/s1. The van der Waals surface area contributed by atoms with Gasteiger partial charge < -0.3 is 9.47 Å². The Morgan fingerprint density at radius 1 is 1.00 bits per heavy atom. The van der Waals surface area contributed by atoms with E-state index in [1.165, 1.54) is 5.56 Å². The molecule has 1 heterocycles. The summed E-state index contributed by atoms with van der Waals surface area (Å²) in [7, 11) is 0. The van der Waals surface area contributed by atoms with Gasteiger partial charge in [0.1, 0.15) is 5.78 Å². The molecule has 0 unspecified atom stereocenters. The fraction of sp³-hybridized carbons (Fsp3) is 0.300. The average molecular weight is 321 g/mol. The molecule has 0 radical (unpaired) electrons. The van der Waals surface area contributed by atoms with Crippen molar-refractivity contribution >= 4 is 11.5 Å². The van der Waals surface area contributed by atoms with Gasteiger partial charge in [0.15, 0.2) is 11.5 Å². The van der Waals surface area contributed by atoms with Gasteiger partial charge in [0, 0.05) is 18.6 Å². The summed E-state index contributed by atoms with van der Waals surface area (Å²) in [6.45, 7) is 0.849. The Morgan fingerprint density at radius 2 is 1.83 bits per heavy atom. The summed E-state index contributed by atoms with van der Waals surface area (Å²) in [5.41, 5.74) is 3.29. The Labute approximate surface area is 141 Å². The van der Waals surface area contributed by atoms with E-state index in [2.05, 4.69) is 12.1 Å². The fourth-order valence-corrected chi connectivity index (χ4v) is 3.33. The SMILES string of the molecule is O=C1CC(=NCc2ccc3c(c2)OCO3)C[C@H](c2ccccc2)C1. The van der Waals surface area contributed by atoms with Gasteiger partial charge in [0.2, 0.25) is 6.79 Å². The number of nitrogens with zero attached hydrogens (tertiary/aromatic N) is 1. The average Bonchev–Trinajstić information content (AvgIpc) is 3.08. The molecule has 24 heavy (non-hydrogen) atoms. The lowest BCUT2D eigenvalue weighted by atomic mass is 9.82. The second kappa shape index (κ2) is 6.48. The second-order valence-electron chi connectivity index (χ2n) is 6.30. The summed E-state index contributed by atoms with van der Waals surface area (Å²) < 4.78 is 10.7. The van der Waals surface area contributed by atoms with E-state index >= 15 is 0 Å². The third-order valence-corrected chi connectivity index (χ3v) is 4.55. The number of carbonyl (C=O) groups is 1. The molecular formula is C20H19NO3. The number of Topliss-reactive ketones (excluding diaryl/α,β-unsaturated/α-hetero) is 1. The summed E-state index contributed by atoms with van der Waals surface area (Å²) in [5.74, 6) is 2.08. The zero-order valence-electron chi connectivity index (χ0n) is 13.4. The molecule has 0 N–H and O–H groups in total. The van der Waals surface area contributed by atoms with Crippen LogP contribution < -0.4 is 9.47 Å². The first-order valence-corrected chi connectivity index (χ1v) is 8.25. The molecule has 0 amide bonds.